The number of carbonyl (C=O) groups excluding carboxylic acids is 1. The minimum absolute atomic E-state index is 0.125. The molecule has 0 heterocycles. The van der Waals surface area contributed by atoms with E-state index in [2.05, 4.69) is 0 Å². The lowest BCUT2D eigenvalue weighted by molar-refractivity contribution is 0.0360. The quantitative estimate of drug-likeness (QED) is 0.586. The van der Waals surface area contributed by atoms with Crippen molar-refractivity contribution in [3.63, 3.8) is 0 Å². The van der Waals surface area contributed by atoms with E-state index < -0.39 is 17.9 Å². The van der Waals surface area contributed by atoms with Gasteiger partial charge in [0, 0.05) is 0 Å². The minimum Gasteiger partial charge on any atom is -0.478 e. The highest BCUT2D eigenvalue weighted by atomic mass is 16.5. The van der Waals surface area contributed by atoms with E-state index >= 15 is 0 Å². The Hall–Kier alpha value is -2.45. The number of hydrogen-bond donors (Lipinski definition) is 4. The molecular formula is C16H22O8. The van der Waals surface area contributed by atoms with Crippen LogP contribution in [0.5, 0.6) is 0 Å². The van der Waals surface area contributed by atoms with E-state index in [1.165, 1.54) is 6.07 Å². The Morgan fingerprint density at radius 3 is 1.88 bits per heavy atom. The smallest absolute Gasteiger partial charge is 0.339 e. The molecular weight excluding hydrogens is 320 g/mol. The monoisotopic (exact) mass is 342 g/mol. The first-order valence-electron chi connectivity index (χ1n) is 7.03. The number of hydrogen-bond acceptors (Lipinski definition) is 6. The molecule has 1 rings (SSSR count). The Balaban J connectivity index is 0.00000118. The average Bonchev–Trinajstić information content (AvgIpc) is 2.51. The number of carbonyl (C=O) groups is 3. The fourth-order valence-corrected chi connectivity index (χ4v) is 1.39. The van der Waals surface area contributed by atoms with Crippen molar-refractivity contribution in [2.75, 3.05) is 19.8 Å². The van der Waals surface area contributed by atoms with Gasteiger partial charge in [-0.1, -0.05) is 20.8 Å². The van der Waals surface area contributed by atoms with Gasteiger partial charge in [0.2, 0.25) is 0 Å². The summed E-state index contributed by atoms with van der Waals surface area (Å²) in [6.07, 6.45) is 0. The van der Waals surface area contributed by atoms with Gasteiger partial charge in [-0.2, -0.15) is 0 Å². The number of esters is 1. The molecule has 0 aromatic heterocycles. The van der Waals surface area contributed by atoms with E-state index in [0.29, 0.717) is 0 Å². The molecule has 0 spiro atoms. The highest BCUT2D eigenvalue weighted by Crippen LogP contribution is 2.17. The van der Waals surface area contributed by atoms with E-state index in [4.69, 9.17) is 25.2 Å². The van der Waals surface area contributed by atoms with Crippen molar-refractivity contribution < 1.29 is 39.5 Å². The van der Waals surface area contributed by atoms with Gasteiger partial charge >= 0.3 is 17.9 Å². The number of benzene rings is 1. The molecule has 0 atom stereocenters. The largest absolute Gasteiger partial charge is 0.478 e. The standard InChI is InChI=1S/C14H16O6.C2H6O2/c1-14(2,3)7-20-13(19)9-5-4-8(11(15)16)6-10(9)12(17)18;3-1-2-4/h4-6H,7H2,1-3H3,(H,15,16)(H,17,18);3-4H,1-2H2. The van der Waals surface area contributed by atoms with E-state index in [-0.39, 0.29) is 41.9 Å². The molecule has 0 radical (unpaired) electrons. The molecule has 8 nitrogen and oxygen atoms in total. The number of carboxylic acids is 2. The van der Waals surface area contributed by atoms with Crippen molar-refractivity contribution in [3.05, 3.63) is 34.9 Å². The number of aliphatic hydroxyl groups excluding tert-OH is 2. The lowest BCUT2D eigenvalue weighted by Crippen LogP contribution is -2.20. The Kier molecular flexibility index (Phi) is 8.65. The topological polar surface area (TPSA) is 141 Å². The van der Waals surface area contributed by atoms with Gasteiger partial charge in [-0.3, -0.25) is 0 Å². The average molecular weight is 342 g/mol. The first-order chi connectivity index (χ1) is 11.0. The van der Waals surface area contributed by atoms with Crippen LogP contribution in [0.15, 0.2) is 18.2 Å². The number of ether oxygens (including phenoxy) is 1. The lowest BCUT2D eigenvalue weighted by atomic mass is 9.98. The molecule has 134 valence electrons. The van der Waals surface area contributed by atoms with Crippen LogP contribution in [0.4, 0.5) is 0 Å². The molecule has 0 saturated carbocycles. The highest BCUT2D eigenvalue weighted by molar-refractivity contribution is 6.04. The molecule has 1 aromatic carbocycles. The van der Waals surface area contributed by atoms with Crippen molar-refractivity contribution in [3.8, 4) is 0 Å². The van der Waals surface area contributed by atoms with Gasteiger partial charge in [-0.15, -0.1) is 0 Å². The molecule has 0 fully saturated rings. The summed E-state index contributed by atoms with van der Waals surface area (Å²) in [6.45, 7) is 5.48. The molecule has 0 unspecified atom stereocenters. The van der Waals surface area contributed by atoms with Gasteiger partial charge in [-0.05, 0) is 23.6 Å². The van der Waals surface area contributed by atoms with Crippen LogP contribution in [0.2, 0.25) is 0 Å². The summed E-state index contributed by atoms with van der Waals surface area (Å²) in [4.78, 5) is 33.8. The summed E-state index contributed by atoms with van der Waals surface area (Å²) < 4.78 is 5.03. The third-order valence-electron chi connectivity index (χ3n) is 2.45. The number of aliphatic hydroxyl groups is 2. The molecule has 0 amide bonds. The van der Waals surface area contributed by atoms with Crippen LogP contribution in [0, 0.1) is 5.41 Å². The molecule has 0 aliphatic carbocycles. The fourth-order valence-electron chi connectivity index (χ4n) is 1.39. The van der Waals surface area contributed by atoms with Gasteiger partial charge in [0.15, 0.2) is 0 Å². The van der Waals surface area contributed by atoms with Gasteiger partial charge < -0.3 is 25.2 Å². The second-order valence-corrected chi connectivity index (χ2v) is 5.95. The SMILES string of the molecule is CC(C)(C)COC(=O)c1ccc(C(=O)O)cc1C(=O)O.OCCO. The Morgan fingerprint density at radius 1 is 0.958 bits per heavy atom. The lowest BCUT2D eigenvalue weighted by Gasteiger charge is -2.18. The van der Waals surface area contributed by atoms with Gasteiger partial charge in [0.1, 0.15) is 0 Å². The van der Waals surface area contributed by atoms with Gasteiger partial charge in [0.25, 0.3) is 0 Å². The highest BCUT2D eigenvalue weighted by Gasteiger charge is 2.21. The first kappa shape index (κ1) is 21.6. The van der Waals surface area contributed by atoms with E-state index in [9.17, 15) is 14.4 Å². The summed E-state index contributed by atoms with van der Waals surface area (Å²) in [7, 11) is 0. The van der Waals surface area contributed by atoms with Crippen molar-refractivity contribution in [2.45, 2.75) is 20.8 Å². The maximum absolute atomic E-state index is 11.9. The van der Waals surface area contributed by atoms with Crippen molar-refractivity contribution in [1.82, 2.24) is 0 Å². The van der Waals surface area contributed by atoms with Crippen molar-refractivity contribution >= 4 is 17.9 Å². The Morgan fingerprint density at radius 2 is 1.50 bits per heavy atom. The summed E-state index contributed by atoms with van der Waals surface area (Å²) in [6, 6.07) is 3.26. The van der Waals surface area contributed by atoms with E-state index in [0.717, 1.165) is 12.1 Å². The number of aromatic carboxylic acids is 2. The molecule has 0 aliphatic rings. The van der Waals surface area contributed by atoms with Crippen LogP contribution < -0.4 is 0 Å². The van der Waals surface area contributed by atoms with Gasteiger partial charge in [-0.25, -0.2) is 14.4 Å². The van der Waals surface area contributed by atoms with E-state index in [1.54, 1.807) is 0 Å². The minimum atomic E-state index is -1.38. The first-order valence-corrected chi connectivity index (χ1v) is 7.03. The third kappa shape index (κ3) is 7.70. The zero-order chi connectivity index (χ0) is 18.9. The summed E-state index contributed by atoms with van der Waals surface area (Å²) in [5, 5.41) is 33.1. The summed E-state index contributed by atoms with van der Waals surface area (Å²) >= 11 is 0. The van der Waals surface area contributed by atoms with Crippen LogP contribution in [0.1, 0.15) is 51.8 Å². The maximum Gasteiger partial charge on any atom is 0.339 e. The van der Waals surface area contributed by atoms with E-state index in [1.807, 2.05) is 20.8 Å². The zero-order valence-electron chi connectivity index (χ0n) is 13.8. The predicted molar refractivity (Wildman–Crippen MR) is 84.3 cm³/mol. The number of rotatable bonds is 5. The summed E-state index contributed by atoms with van der Waals surface area (Å²) in [5.74, 6) is -3.42. The van der Waals surface area contributed by atoms with Crippen LogP contribution in [0.3, 0.4) is 0 Å². The second kappa shape index (κ2) is 9.64. The third-order valence-corrected chi connectivity index (χ3v) is 2.45. The van der Waals surface area contributed by atoms with Crippen LogP contribution in [-0.2, 0) is 4.74 Å². The van der Waals surface area contributed by atoms with Crippen LogP contribution in [-0.4, -0.2) is 58.2 Å². The van der Waals surface area contributed by atoms with Crippen molar-refractivity contribution in [1.29, 1.82) is 0 Å². The number of carboxylic acid groups (broad SMARTS) is 2. The van der Waals surface area contributed by atoms with Crippen LogP contribution in [0.25, 0.3) is 0 Å². The molecule has 0 aliphatic heterocycles. The molecule has 0 saturated heterocycles. The predicted octanol–water partition coefficient (Wildman–Crippen LogP) is 1.26. The maximum atomic E-state index is 11.9. The molecule has 0 bridgehead atoms. The summed E-state index contributed by atoms with van der Waals surface area (Å²) in [5.41, 5.74) is -0.995. The van der Waals surface area contributed by atoms with Gasteiger partial charge in [0.05, 0.1) is 36.5 Å². The van der Waals surface area contributed by atoms with Crippen molar-refractivity contribution in [2.24, 2.45) is 5.41 Å². The Bertz CT molecular complexity index is 584. The van der Waals surface area contributed by atoms with Crippen LogP contribution >= 0.6 is 0 Å². The molecule has 1 aromatic rings. The molecule has 24 heavy (non-hydrogen) atoms. The Labute approximate surface area is 139 Å². The second-order valence-electron chi connectivity index (χ2n) is 5.95. The fraction of sp³-hybridized carbons (Fsp3) is 0.438. The zero-order valence-corrected chi connectivity index (χ0v) is 13.8. The molecule has 4 N–H and O–H groups in total. The molecule has 8 heteroatoms. The normalized spacial score (nSPS) is 10.4.